The lowest BCUT2D eigenvalue weighted by Gasteiger charge is -2.29. The van der Waals surface area contributed by atoms with Crippen LogP contribution < -0.4 is 10.6 Å². The van der Waals surface area contributed by atoms with Crippen molar-refractivity contribution in [3.8, 4) is 0 Å². The second kappa shape index (κ2) is 10.6. The van der Waals surface area contributed by atoms with Crippen LogP contribution in [0.1, 0.15) is 26.2 Å². The number of piperidine rings is 1. The molecular weight excluding hydrogens is 361 g/mol. The van der Waals surface area contributed by atoms with Crippen molar-refractivity contribution in [2.45, 2.75) is 26.2 Å². The van der Waals surface area contributed by atoms with Crippen molar-refractivity contribution in [1.82, 2.24) is 10.2 Å². The highest BCUT2D eigenvalue weighted by Crippen LogP contribution is 2.24. The number of rotatable bonds is 6. The Kier molecular flexibility index (Phi) is 9.25. The zero-order valence-electron chi connectivity index (χ0n) is 14.8. The predicted octanol–water partition coefficient (Wildman–Crippen LogP) is 3.18. The smallest absolute Gasteiger partial charge is 0.243 e. The van der Waals surface area contributed by atoms with Crippen LogP contribution >= 0.6 is 24.0 Å². The molecule has 1 atom stereocenters. The number of likely N-dealkylation sites (N-methyl/N-ethyl adjacent to an activating group) is 1. The molecule has 1 aromatic rings. The summed E-state index contributed by atoms with van der Waals surface area (Å²) >= 11 is 5.90. The van der Waals surface area contributed by atoms with Crippen LogP contribution in [-0.2, 0) is 9.59 Å². The van der Waals surface area contributed by atoms with E-state index in [1.54, 1.807) is 31.3 Å². The second-order valence-corrected chi connectivity index (χ2v) is 7.01. The van der Waals surface area contributed by atoms with Gasteiger partial charge in [0.2, 0.25) is 11.8 Å². The average molecular weight is 388 g/mol. The van der Waals surface area contributed by atoms with Gasteiger partial charge in [-0.15, -0.1) is 12.4 Å². The van der Waals surface area contributed by atoms with Crippen LogP contribution in [-0.4, -0.2) is 43.4 Å². The molecule has 0 bridgehead atoms. The summed E-state index contributed by atoms with van der Waals surface area (Å²) in [6.45, 7) is 4.24. The molecule has 2 N–H and O–H groups in total. The monoisotopic (exact) mass is 387 g/mol. The highest BCUT2D eigenvalue weighted by atomic mass is 35.5. The number of hydrogen-bond donors (Lipinski definition) is 2. The van der Waals surface area contributed by atoms with Crippen molar-refractivity contribution < 1.29 is 9.59 Å². The van der Waals surface area contributed by atoms with Gasteiger partial charge in [0.15, 0.2) is 0 Å². The van der Waals surface area contributed by atoms with E-state index in [4.69, 9.17) is 11.6 Å². The summed E-state index contributed by atoms with van der Waals surface area (Å²) in [4.78, 5) is 25.9. The van der Waals surface area contributed by atoms with Gasteiger partial charge in [-0.1, -0.05) is 24.6 Å². The van der Waals surface area contributed by atoms with Gasteiger partial charge in [-0.2, -0.15) is 0 Å². The number of anilines is 1. The quantitative estimate of drug-likeness (QED) is 0.787. The number of nitrogens with zero attached hydrogens (tertiary/aromatic N) is 1. The molecule has 0 spiro atoms. The first-order valence-electron chi connectivity index (χ1n) is 8.46. The largest absolute Gasteiger partial charge is 0.336 e. The Labute approximate surface area is 160 Å². The third-order valence-corrected chi connectivity index (χ3v) is 4.84. The molecule has 1 aliphatic rings. The zero-order chi connectivity index (χ0) is 17.5. The third-order valence-electron chi connectivity index (χ3n) is 4.60. The van der Waals surface area contributed by atoms with E-state index < -0.39 is 0 Å². The number of carbonyl (C=O) groups excluding carboxylic acids is 2. The molecule has 1 fully saturated rings. The van der Waals surface area contributed by atoms with Gasteiger partial charge < -0.3 is 15.5 Å². The first kappa shape index (κ1) is 21.7. The molecule has 2 amide bonds. The molecule has 1 unspecified atom stereocenters. The molecular formula is C18H27Cl2N3O2. The van der Waals surface area contributed by atoms with Gasteiger partial charge in [0, 0.05) is 24.2 Å². The van der Waals surface area contributed by atoms with E-state index in [0.717, 1.165) is 25.9 Å². The van der Waals surface area contributed by atoms with E-state index in [2.05, 4.69) is 17.6 Å². The lowest BCUT2D eigenvalue weighted by Crippen LogP contribution is -2.37. The first-order valence-corrected chi connectivity index (χ1v) is 8.83. The van der Waals surface area contributed by atoms with E-state index in [9.17, 15) is 9.59 Å². The summed E-state index contributed by atoms with van der Waals surface area (Å²) in [5, 5.41) is 6.66. The van der Waals surface area contributed by atoms with Gasteiger partial charge in [-0.25, -0.2) is 0 Å². The number of benzene rings is 1. The minimum absolute atomic E-state index is 0. The van der Waals surface area contributed by atoms with Crippen LogP contribution in [0.5, 0.6) is 0 Å². The summed E-state index contributed by atoms with van der Waals surface area (Å²) in [5.74, 6) is 0.729. The minimum Gasteiger partial charge on any atom is -0.336 e. The van der Waals surface area contributed by atoms with Crippen LogP contribution in [0.2, 0.25) is 5.02 Å². The number of carbonyl (C=O) groups is 2. The number of amides is 2. The lowest BCUT2D eigenvalue weighted by atomic mass is 9.84. The van der Waals surface area contributed by atoms with Crippen LogP contribution in [0.15, 0.2) is 24.3 Å². The maximum absolute atomic E-state index is 12.3. The Morgan fingerprint density at radius 2 is 2.04 bits per heavy atom. The Morgan fingerprint density at radius 1 is 1.36 bits per heavy atom. The molecule has 1 heterocycles. The maximum Gasteiger partial charge on any atom is 0.243 e. The van der Waals surface area contributed by atoms with Gasteiger partial charge >= 0.3 is 0 Å². The molecule has 2 rings (SSSR count). The Balaban J connectivity index is 0.00000312. The molecule has 0 saturated carbocycles. The standard InChI is InChI=1S/C18H26ClN3O2.ClH/c1-13(14-6-8-20-9-7-14)10-18(24)22(2)12-17(23)21-16-5-3-4-15(19)11-16;/h3-5,11,13-14,20H,6-10,12H2,1-2H3,(H,21,23);1H. The van der Waals surface area contributed by atoms with E-state index in [-0.39, 0.29) is 30.8 Å². The van der Waals surface area contributed by atoms with Crippen molar-refractivity contribution in [3.05, 3.63) is 29.3 Å². The SMILES string of the molecule is CC(CC(=O)N(C)CC(=O)Nc1cccc(Cl)c1)C1CCNCC1.Cl. The summed E-state index contributed by atoms with van der Waals surface area (Å²) in [6.07, 6.45) is 2.73. The van der Waals surface area contributed by atoms with Gasteiger partial charge in [0.25, 0.3) is 0 Å². The Hall–Kier alpha value is -1.30. The molecule has 1 saturated heterocycles. The summed E-state index contributed by atoms with van der Waals surface area (Å²) in [7, 11) is 1.68. The van der Waals surface area contributed by atoms with Crippen molar-refractivity contribution in [2.75, 3.05) is 32.0 Å². The molecule has 25 heavy (non-hydrogen) atoms. The molecule has 7 heteroatoms. The third kappa shape index (κ3) is 7.22. The van der Waals surface area contributed by atoms with Crippen LogP contribution in [0, 0.1) is 11.8 Å². The van der Waals surface area contributed by atoms with Crippen molar-refractivity contribution in [2.24, 2.45) is 11.8 Å². The molecule has 1 aromatic carbocycles. The van der Waals surface area contributed by atoms with Gasteiger partial charge in [-0.3, -0.25) is 9.59 Å². The first-order chi connectivity index (χ1) is 11.5. The van der Waals surface area contributed by atoms with Crippen molar-refractivity contribution in [1.29, 1.82) is 0 Å². The predicted molar refractivity (Wildman–Crippen MR) is 104 cm³/mol. The number of hydrogen-bond acceptors (Lipinski definition) is 3. The molecule has 0 aromatic heterocycles. The fourth-order valence-electron chi connectivity index (χ4n) is 3.08. The van der Waals surface area contributed by atoms with Crippen LogP contribution in [0.3, 0.4) is 0 Å². The summed E-state index contributed by atoms with van der Waals surface area (Å²) in [6, 6.07) is 6.97. The van der Waals surface area contributed by atoms with Crippen LogP contribution in [0.25, 0.3) is 0 Å². The average Bonchev–Trinajstić information content (AvgIpc) is 2.55. The number of halogens is 2. The normalized spacial score (nSPS) is 15.8. The fourth-order valence-corrected chi connectivity index (χ4v) is 3.27. The van der Waals surface area contributed by atoms with Crippen molar-refractivity contribution in [3.63, 3.8) is 0 Å². The highest BCUT2D eigenvalue weighted by molar-refractivity contribution is 6.30. The Bertz CT molecular complexity index is 577. The van der Waals surface area contributed by atoms with E-state index in [1.165, 1.54) is 4.90 Å². The van der Waals surface area contributed by atoms with E-state index in [0.29, 0.717) is 29.0 Å². The van der Waals surface area contributed by atoms with Gasteiger partial charge in [-0.05, 0) is 56.0 Å². The highest BCUT2D eigenvalue weighted by Gasteiger charge is 2.23. The Morgan fingerprint density at radius 3 is 2.68 bits per heavy atom. The molecule has 0 radical (unpaired) electrons. The second-order valence-electron chi connectivity index (χ2n) is 6.58. The summed E-state index contributed by atoms with van der Waals surface area (Å²) in [5.41, 5.74) is 0.636. The zero-order valence-corrected chi connectivity index (χ0v) is 16.3. The fraction of sp³-hybridized carbons (Fsp3) is 0.556. The topological polar surface area (TPSA) is 61.4 Å². The number of nitrogens with one attached hydrogen (secondary N) is 2. The molecule has 1 aliphatic heterocycles. The minimum atomic E-state index is -0.220. The van der Waals surface area contributed by atoms with E-state index in [1.807, 2.05) is 0 Å². The lowest BCUT2D eigenvalue weighted by molar-refractivity contribution is -0.134. The van der Waals surface area contributed by atoms with Gasteiger partial charge in [0.05, 0.1) is 6.54 Å². The van der Waals surface area contributed by atoms with Gasteiger partial charge in [0.1, 0.15) is 0 Å². The molecule has 0 aliphatic carbocycles. The summed E-state index contributed by atoms with van der Waals surface area (Å²) < 4.78 is 0. The molecule has 5 nitrogen and oxygen atoms in total. The van der Waals surface area contributed by atoms with Crippen LogP contribution in [0.4, 0.5) is 5.69 Å². The maximum atomic E-state index is 12.3. The van der Waals surface area contributed by atoms with Crippen molar-refractivity contribution >= 4 is 41.5 Å². The van der Waals surface area contributed by atoms with E-state index >= 15 is 0 Å². The molecule has 140 valence electrons.